The van der Waals surface area contributed by atoms with Gasteiger partial charge in [0.05, 0.1) is 6.04 Å². The van der Waals surface area contributed by atoms with Crippen LogP contribution >= 0.6 is 11.3 Å². The molecule has 14 nitrogen and oxygen atoms in total. The Labute approximate surface area is 318 Å². The lowest BCUT2D eigenvalue weighted by atomic mass is 10.0. The molecular formula is C39H47N7O7S. The van der Waals surface area contributed by atoms with E-state index in [-0.39, 0.29) is 37.0 Å². The zero-order valence-electron chi connectivity index (χ0n) is 31.5. The standard InChI is InChI=1S/C39H47N7O7S/c1-21(2)32-36(50)41-25(6)38(51)45(7)15-16-46(39(52)33-23(4)27-17-22(3)13-14-30(27)53-33)19-31(47)42-28(18-26-11-9-8-10-12-26)37-43-29(20-54-37)35(49)40-24(5)34(48)44-32/h8-14,17,20-21,24-25,28,32H,15-16,18-19H2,1-7H3,(H,40,49)(H,41,50)(H,42,47)(H,44,48)/t24-,25+,28-,32-/m0/s1. The number of fused-ring (bicyclic) bond motifs is 3. The van der Waals surface area contributed by atoms with Crippen molar-refractivity contribution < 1.29 is 33.2 Å². The molecule has 1 aliphatic heterocycles. The van der Waals surface area contributed by atoms with Gasteiger partial charge in [-0.2, -0.15) is 0 Å². The van der Waals surface area contributed by atoms with Gasteiger partial charge in [0.2, 0.25) is 23.6 Å². The maximum absolute atomic E-state index is 14.2. The van der Waals surface area contributed by atoms with Crippen LogP contribution in [-0.4, -0.2) is 95.0 Å². The number of rotatable bonds is 4. The highest BCUT2D eigenvalue weighted by Crippen LogP contribution is 2.28. The van der Waals surface area contributed by atoms with Crippen molar-refractivity contribution in [3.8, 4) is 0 Å². The van der Waals surface area contributed by atoms with Crippen LogP contribution in [0.15, 0.2) is 58.3 Å². The second kappa shape index (κ2) is 17.1. The highest BCUT2D eigenvalue weighted by Gasteiger charge is 2.32. The fourth-order valence-electron chi connectivity index (χ4n) is 6.18. The number of likely N-dealkylation sites (N-methyl/N-ethyl adjacent to an activating group) is 1. The summed E-state index contributed by atoms with van der Waals surface area (Å²) in [6, 6.07) is 11.4. The highest BCUT2D eigenvalue weighted by molar-refractivity contribution is 7.09. The van der Waals surface area contributed by atoms with E-state index in [0.717, 1.165) is 16.5 Å². The van der Waals surface area contributed by atoms with E-state index < -0.39 is 59.6 Å². The van der Waals surface area contributed by atoms with E-state index in [4.69, 9.17) is 4.42 Å². The predicted octanol–water partition coefficient (Wildman–Crippen LogP) is 3.28. The molecule has 4 N–H and O–H groups in total. The van der Waals surface area contributed by atoms with E-state index >= 15 is 0 Å². The van der Waals surface area contributed by atoms with Crippen molar-refractivity contribution >= 4 is 57.7 Å². The highest BCUT2D eigenvalue weighted by atomic mass is 32.1. The Morgan fingerprint density at radius 1 is 0.926 bits per heavy atom. The fourth-order valence-corrected chi connectivity index (χ4v) is 7.03. The number of nitrogens with zero attached hydrogens (tertiary/aromatic N) is 3. The average Bonchev–Trinajstić information content (AvgIpc) is 3.76. The molecule has 2 bridgehead atoms. The second-order valence-corrected chi connectivity index (χ2v) is 15.0. The number of amides is 6. The molecule has 0 radical (unpaired) electrons. The lowest BCUT2D eigenvalue weighted by Crippen LogP contribution is -2.57. The van der Waals surface area contributed by atoms with Crippen LogP contribution in [0.1, 0.15) is 76.5 Å². The molecule has 0 aliphatic carbocycles. The lowest BCUT2D eigenvalue weighted by molar-refractivity contribution is -0.136. The van der Waals surface area contributed by atoms with Crippen molar-refractivity contribution in [3.63, 3.8) is 0 Å². The van der Waals surface area contributed by atoms with Crippen LogP contribution in [0.5, 0.6) is 0 Å². The summed E-state index contributed by atoms with van der Waals surface area (Å²) in [7, 11) is 1.54. The average molecular weight is 758 g/mol. The zero-order valence-corrected chi connectivity index (χ0v) is 32.3. The minimum absolute atomic E-state index is 0.0232. The van der Waals surface area contributed by atoms with Gasteiger partial charge in [-0.3, -0.25) is 28.8 Å². The number of nitrogens with one attached hydrogen (secondary N) is 4. The number of aryl methyl sites for hydroxylation is 2. The summed E-state index contributed by atoms with van der Waals surface area (Å²) < 4.78 is 6.03. The minimum atomic E-state index is -1.03. The first-order valence-electron chi connectivity index (χ1n) is 17.9. The third-order valence-corrected chi connectivity index (χ3v) is 10.3. The van der Waals surface area contributed by atoms with Gasteiger partial charge in [0.15, 0.2) is 5.76 Å². The van der Waals surface area contributed by atoms with Crippen molar-refractivity contribution in [3.05, 3.63) is 87.1 Å². The van der Waals surface area contributed by atoms with Crippen molar-refractivity contribution in [2.45, 2.75) is 72.1 Å². The molecule has 0 saturated heterocycles. The molecule has 0 spiro atoms. The van der Waals surface area contributed by atoms with Crippen molar-refractivity contribution in [1.82, 2.24) is 36.1 Å². The molecule has 2 aromatic carbocycles. The SMILES string of the molecule is Cc1ccc2oc(C(=O)N3CCN(C)C(=O)[C@@H](C)NC(=O)[C@H](C(C)C)NC(=O)[C@H](C)NC(=O)c4csc(n4)[C@H](Cc4ccccc4)NC(=O)C3)c(C)c2c1. The molecular weight excluding hydrogens is 711 g/mol. The summed E-state index contributed by atoms with van der Waals surface area (Å²) in [5, 5.41) is 13.8. The largest absolute Gasteiger partial charge is 0.451 e. The molecule has 3 heterocycles. The van der Waals surface area contributed by atoms with Crippen LogP contribution in [0.25, 0.3) is 11.0 Å². The van der Waals surface area contributed by atoms with Gasteiger partial charge in [-0.25, -0.2) is 4.98 Å². The summed E-state index contributed by atoms with van der Waals surface area (Å²) in [5.74, 6) is -3.53. The van der Waals surface area contributed by atoms with Gasteiger partial charge in [0.25, 0.3) is 11.8 Å². The van der Waals surface area contributed by atoms with Gasteiger partial charge >= 0.3 is 0 Å². The number of aromatic nitrogens is 1. The number of carbonyl (C=O) groups is 6. The van der Waals surface area contributed by atoms with E-state index in [1.54, 1.807) is 39.3 Å². The van der Waals surface area contributed by atoms with Crippen LogP contribution in [0.3, 0.4) is 0 Å². The first kappa shape index (κ1) is 39.6. The molecule has 2 aromatic heterocycles. The van der Waals surface area contributed by atoms with E-state index in [0.29, 0.717) is 22.6 Å². The molecule has 4 aromatic rings. The van der Waals surface area contributed by atoms with Crippen molar-refractivity contribution in [2.24, 2.45) is 5.92 Å². The molecule has 1 aliphatic rings. The minimum Gasteiger partial charge on any atom is -0.451 e. The van der Waals surface area contributed by atoms with E-state index in [2.05, 4.69) is 26.3 Å². The van der Waals surface area contributed by atoms with Gasteiger partial charge in [0, 0.05) is 36.5 Å². The van der Waals surface area contributed by atoms with Crippen LogP contribution in [0.2, 0.25) is 0 Å². The number of furan rings is 1. The smallest absolute Gasteiger partial charge is 0.290 e. The predicted molar refractivity (Wildman–Crippen MR) is 204 cm³/mol. The Balaban J connectivity index is 1.50. The number of carbonyl (C=O) groups excluding carboxylic acids is 6. The molecule has 4 atom stereocenters. The van der Waals surface area contributed by atoms with Crippen LogP contribution in [-0.2, 0) is 25.6 Å². The second-order valence-electron chi connectivity index (χ2n) is 14.1. The monoisotopic (exact) mass is 757 g/mol. The summed E-state index contributed by atoms with van der Waals surface area (Å²) >= 11 is 1.17. The molecule has 0 saturated carbocycles. The Kier molecular flexibility index (Phi) is 12.5. The number of hydrogen-bond acceptors (Lipinski definition) is 9. The molecule has 0 unspecified atom stereocenters. The summed E-state index contributed by atoms with van der Waals surface area (Å²) in [6.07, 6.45) is 0.336. The normalized spacial score (nSPS) is 21.3. The van der Waals surface area contributed by atoms with Gasteiger partial charge in [-0.1, -0.05) is 55.8 Å². The maximum Gasteiger partial charge on any atom is 0.290 e. The molecule has 54 heavy (non-hydrogen) atoms. The number of hydrogen-bond donors (Lipinski definition) is 4. The van der Waals surface area contributed by atoms with Crippen LogP contribution in [0, 0.1) is 19.8 Å². The third-order valence-electron chi connectivity index (χ3n) is 9.38. The summed E-state index contributed by atoms with van der Waals surface area (Å²) in [4.78, 5) is 88.7. The number of benzene rings is 2. The quantitative estimate of drug-likeness (QED) is 0.245. The molecule has 15 heteroatoms. The topological polar surface area (TPSA) is 183 Å². The van der Waals surface area contributed by atoms with Crippen molar-refractivity contribution in [2.75, 3.05) is 26.7 Å². The summed E-state index contributed by atoms with van der Waals surface area (Å²) in [6.45, 7) is 9.85. The summed E-state index contributed by atoms with van der Waals surface area (Å²) in [5.41, 5.74) is 3.10. The van der Waals surface area contributed by atoms with Crippen LogP contribution in [0.4, 0.5) is 0 Å². The molecule has 0 fully saturated rings. The van der Waals surface area contributed by atoms with E-state index in [1.165, 1.54) is 35.0 Å². The Hall–Kier alpha value is -5.57. The van der Waals surface area contributed by atoms with Gasteiger partial charge in [-0.15, -0.1) is 11.3 Å². The lowest BCUT2D eigenvalue weighted by Gasteiger charge is -2.28. The maximum atomic E-state index is 14.2. The van der Waals surface area contributed by atoms with Gasteiger partial charge in [-0.05, 0) is 57.7 Å². The van der Waals surface area contributed by atoms with Crippen molar-refractivity contribution in [1.29, 1.82) is 0 Å². The van der Waals surface area contributed by atoms with Gasteiger partial charge in [0.1, 0.15) is 41.0 Å². The van der Waals surface area contributed by atoms with Gasteiger partial charge < -0.3 is 35.5 Å². The van der Waals surface area contributed by atoms with E-state index in [9.17, 15) is 28.8 Å². The molecule has 286 valence electrons. The fraction of sp³-hybridized carbons (Fsp3) is 0.410. The number of thiazole rings is 1. The van der Waals surface area contributed by atoms with Crippen LogP contribution < -0.4 is 21.3 Å². The third kappa shape index (κ3) is 9.31. The molecule has 6 amide bonds. The molecule has 5 rings (SSSR count). The Morgan fingerprint density at radius 3 is 2.35 bits per heavy atom. The Morgan fingerprint density at radius 2 is 1.65 bits per heavy atom. The van der Waals surface area contributed by atoms with E-state index in [1.807, 2.05) is 49.4 Å². The first-order chi connectivity index (χ1) is 25.6. The zero-order chi connectivity index (χ0) is 39.3. The first-order valence-corrected chi connectivity index (χ1v) is 18.7. The Bertz CT molecular complexity index is 2040.